The molecule has 2 N–H and O–H groups in total. The van der Waals surface area contributed by atoms with Gasteiger partial charge in [0.25, 0.3) is 0 Å². The third-order valence-electron chi connectivity index (χ3n) is 7.46. The Balaban J connectivity index is 0.00000131. The summed E-state index contributed by atoms with van der Waals surface area (Å²) in [4.78, 5) is 36.8. The number of hydrogen-bond donors (Lipinski definition) is 2. The van der Waals surface area contributed by atoms with Crippen molar-refractivity contribution in [1.29, 1.82) is 0 Å². The summed E-state index contributed by atoms with van der Waals surface area (Å²) in [5.74, 6) is 2.39. The monoisotopic (exact) mass is 576 g/mol. The first-order valence-corrected chi connectivity index (χ1v) is 15.0. The Labute approximate surface area is 251 Å². The summed E-state index contributed by atoms with van der Waals surface area (Å²) < 4.78 is 0. The van der Waals surface area contributed by atoms with Gasteiger partial charge < -0.3 is 9.97 Å². The van der Waals surface area contributed by atoms with Gasteiger partial charge in [0.1, 0.15) is 22.6 Å². The molecule has 0 fully saturated rings. The Morgan fingerprint density at radius 2 is 0.595 bits per heavy atom. The molecule has 0 spiro atoms. The van der Waals surface area contributed by atoms with Gasteiger partial charge in [0, 0.05) is 43.8 Å². The Kier molecular flexibility index (Phi) is 5.83. The fourth-order valence-corrected chi connectivity index (χ4v) is 5.59. The Morgan fingerprint density at radius 3 is 0.857 bits per heavy atom. The van der Waals surface area contributed by atoms with E-state index in [-0.39, 0.29) is 0 Å². The van der Waals surface area contributed by atoms with Crippen molar-refractivity contribution in [1.82, 2.24) is 39.9 Å². The van der Waals surface area contributed by atoms with Gasteiger partial charge >= 0.3 is 25.4 Å². The van der Waals surface area contributed by atoms with Crippen LogP contribution in [0.4, 0.5) is 0 Å². The van der Waals surface area contributed by atoms with E-state index in [0.717, 1.165) is 43.8 Å². The molecule has 0 saturated heterocycles. The Morgan fingerprint density at radius 1 is 0.357 bits per heavy atom. The summed E-state index contributed by atoms with van der Waals surface area (Å²) in [7, 11) is 4.56. The van der Waals surface area contributed by atoms with Crippen LogP contribution in [0.15, 0.2) is 97.1 Å². The van der Waals surface area contributed by atoms with Crippen molar-refractivity contribution in [2.24, 2.45) is 0 Å². The number of nitrogens with zero attached hydrogens (tertiary/aromatic N) is 6. The van der Waals surface area contributed by atoms with Crippen LogP contribution < -0.4 is 0 Å². The Bertz CT molecular complexity index is 2040. The zero-order chi connectivity index (χ0) is 28.2. The van der Waals surface area contributed by atoms with E-state index in [1.807, 2.05) is 112 Å². The minimum atomic E-state index is 0.597. The summed E-state index contributed by atoms with van der Waals surface area (Å²) in [5.41, 5.74) is 6.45. The average molecular weight is 577 g/mol. The Hall–Kier alpha value is -4.94. The predicted molar refractivity (Wildman–Crippen MR) is 168 cm³/mol. The van der Waals surface area contributed by atoms with Gasteiger partial charge in [0.2, 0.25) is 0 Å². The second-order valence-electron chi connectivity index (χ2n) is 9.79. The molecular formula is C32H18AlClN8+2. The van der Waals surface area contributed by atoms with Crippen LogP contribution in [0.1, 0.15) is 0 Å². The number of benzene rings is 4. The molecule has 2 aliphatic heterocycles. The van der Waals surface area contributed by atoms with Crippen molar-refractivity contribution in [2.75, 3.05) is 0 Å². The number of H-pyrrole nitrogens is 2. The third kappa shape index (κ3) is 3.83. The SMILES string of the molecule is [Al+2][Cl].c1ccc2c(c1)-c1nc-2nc2[nH]c(nc3nc(nc4[nH]c(n1)c1ccccc41)-c1ccccc1-3)c1ccccc21. The number of fused-ring (bicyclic) bond motifs is 20. The molecule has 0 aliphatic carbocycles. The van der Waals surface area contributed by atoms with Gasteiger partial charge in [0.05, 0.1) is 0 Å². The largest absolute Gasteiger partial charge is 0.324 e. The van der Waals surface area contributed by atoms with Crippen LogP contribution >= 0.6 is 10.0 Å². The number of nitrogens with one attached hydrogen (secondary N) is 2. The molecule has 0 radical (unpaired) electrons. The molecule has 0 saturated carbocycles. The number of rotatable bonds is 0. The minimum absolute atomic E-state index is 0.597. The molecule has 4 aromatic carbocycles. The molecule has 2 aliphatic rings. The van der Waals surface area contributed by atoms with Crippen molar-refractivity contribution < 1.29 is 0 Å². The van der Waals surface area contributed by atoms with Gasteiger partial charge in [-0.25, -0.2) is 29.9 Å². The maximum Gasteiger partial charge on any atom is 0.164 e. The molecule has 9 rings (SSSR count). The van der Waals surface area contributed by atoms with Gasteiger partial charge in [0.15, 0.2) is 23.3 Å². The van der Waals surface area contributed by atoms with Crippen molar-refractivity contribution in [3.05, 3.63) is 97.1 Å². The summed E-state index contributed by atoms with van der Waals surface area (Å²) in [6.07, 6.45) is 0. The van der Waals surface area contributed by atoms with Crippen LogP contribution in [0.3, 0.4) is 0 Å². The van der Waals surface area contributed by atoms with Gasteiger partial charge in [-0.05, 0) is 0 Å². The van der Waals surface area contributed by atoms with Gasteiger partial charge in [-0.2, -0.15) is 0 Å². The molecule has 0 atom stereocenters. The molecule has 7 aromatic rings. The van der Waals surface area contributed by atoms with Crippen LogP contribution in [-0.2, 0) is 0 Å². The van der Waals surface area contributed by atoms with Gasteiger partial charge in [-0.1, -0.05) is 97.1 Å². The second kappa shape index (κ2) is 9.86. The van der Waals surface area contributed by atoms with E-state index in [2.05, 4.69) is 20.0 Å². The first-order chi connectivity index (χ1) is 20.8. The molecule has 3 aromatic heterocycles. The first kappa shape index (κ1) is 24.8. The van der Waals surface area contributed by atoms with Crippen molar-refractivity contribution in [3.8, 4) is 45.6 Å². The van der Waals surface area contributed by atoms with E-state index in [1.165, 1.54) is 0 Å². The molecular weight excluding hydrogens is 559 g/mol. The summed E-state index contributed by atoms with van der Waals surface area (Å²) in [6.45, 7) is 0. The van der Waals surface area contributed by atoms with E-state index in [4.69, 9.17) is 29.9 Å². The second-order valence-corrected chi connectivity index (χ2v) is 9.79. The van der Waals surface area contributed by atoms with Gasteiger partial charge in [-0.3, -0.25) is 0 Å². The molecule has 0 unspecified atom stereocenters. The first-order valence-electron chi connectivity index (χ1n) is 13.2. The molecule has 0 amide bonds. The summed E-state index contributed by atoms with van der Waals surface area (Å²) in [5, 5.41) is 3.82. The standard InChI is InChI=1S/C32H18N8.Al.ClH/c1-2-10-18-17(9-1)25-33-26(18)38-28-21-13-5-6-14-22(21)30(35-28)40-32-24-16-8-7-15-23(24)31(36-32)39-29-20-12-4-3-11-19(20)27(34-29)37-25;;/h1-16H,(H2,33,34,35,36,37,38,39,40);;1H/q;+3;/p-1. The number of aromatic amines is 2. The molecule has 5 heterocycles. The summed E-state index contributed by atoms with van der Waals surface area (Å²) >= 11 is 1.89. The fourth-order valence-electron chi connectivity index (χ4n) is 5.59. The maximum atomic E-state index is 5.02. The molecule has 8 nitrogen and oxygen atoms in total. The van der Waals surface area contributed by atoms with E-state index in [9.17, 15) is 0 Å². The van der Waals surface area contributed by atoms with E-state index >= 15 is 0 Å². The van der Waals surface area contributed by atoms with Gasteiger partial charge in [-0.15, -0.1) is 0 Å². The van der Waals surface area contributed by atoms with Crippen molar-refractivity contribution in [2.45, 2.75) is 0 Å². The van der Waals surface area contributed by atoms with Crippen LogP contribution in [0.5, 0.6) is 0 Å². The number of hydrogen-bond acceptors (Lipinski definition) is 6. The summed E-state index contributed by atoms with van der Waals surface area (Å²) in [6, 6.07) is 32.2. The number of halogens is 1. The fraction of sp³-hybridized carbons (Fsp3) is 0. The average Bonchev–Trinajstić information content (AvgIpc) is 3.78. The van der Waals surface area contributed by atoms with Crippen LogP contribution in [-0.4, -0.2) is 55.2 Å². The predicted octanol–water partition coefficient (Wildman–Crippen LogP) is 7.18. The van der Waals surface area contributed by atoms with Crippen LogP contribution in [0.25, 0.3) is 89.7 Å². The normalized spacial score (nSPS) is 11.6. The van der Waals surface area contributed by atoms with Crippen molar-refractivity contribution in [3.63, 3.8) is 0 Å². The maximum absolute atomic E-state index is 5.02. The number of aromatic nitrogens is 8. The zero-order valence-electron chi connectivity index (χ0n) is 21.9. The van der Waals surface area contributed by atoms with E-state index in [0.29, 0.717) is 45.9 Å². The minimum Gasteiger partial charge on any atom is -0.324 e. The quantitative estimate of drug-likeness (QED) is 0.185. The topological polar surface area (TPSA) is 109 Å². The molecule has 8 bridgehead atoms. The third-order valence-corrected chi connectivity index (χ3v) is 7.46. The smallest absolute Gasteiger partial charge is 0.164 e. The molecule has 42 heavy (non-hydrogen) atoms. The zero-order valence-corrected chi connectivity index (χ0v) is 23.8. The molecule has 10 heteroatoms. The van der Waals surface area contributed by atoms with E-state index < -0.39 is 0 Å². The van der Waals surface area contributed by atoms with Crippen LogP contribution in [0.2, 0.25) is 0 Å². The van der Waals surface area contributed by atoms with E-state index in [1.54, 1.807) is 0 Å². The van der Waals surface area contributed by atoms with Crippen molar-refractivity contribution >= 4 is 69.6 Å². The molecule has 194 valence electrons. The van der Waals surface area contributed by atoms with Crippen LogP contribution in [0, 0.1) is 0 Å².